The number of hydrogen-bond acceptors (Lipinski definition) is 3. The van der Waals surface area contributed by atoms with Crippen molar-refractivity contribution in [1.29, 1.82) is 0 Å². The lowest BCUT2D eigenvalue weighted by Gasteiger charge is -2.31. The van der Waals surface area contributed by atoms with Gasteiger partial charge < -0.3 is 5.32 Å². The number of halogens is 2. The molecule has 0 aromatic heterocycles. The molecule has 1 aliphatic heterocycles. The summed E-state index contributed by atoms with van der Waals surface area (Å²) >= 11 is 7.69. The van der Waals surface area contributed by atoms with Gasteiger partial charge in [0.2, 0.25) is 5.91 Å². The maximum atomic E-state index is 13.8. The average Bonchev–Trinajstić information content (AvgIpc) is 2.71. The average molecular weight is 421 g/mol. The fourth-order valence-corrected chi connectivity index (χ4v) is 4.33. The Morgan fingerprint density at radius 3 is 2.57 bits per heavy atom. The second-order valence-electron chi connectivity index (χ2n) is 7.11. The molecule has 0 spiro atoms. The molecule has 1 N–H and O–H groups in total. The summed E-state index contributed by atoms with van der Waals surface area (Å²) in [5, 5.41) is 3.81. The van der Waals surface area contributed by atoms with Gasteiger partial charge in [0.15, 0.2) is 0 Å². The molecule has 0 saturated carbocycles. The predicted octanol–water partition coefficient (Wildman–Crippen LogP) is 4.74. The quantitative estimate of drug-likeness (QED) is 0.626. The minimum atomic E-state index is -0.154. The molecule has 2 aromatic carbocycles. The minimum Gasteiger partial charge on any atom is -0.355 e. The van der Waals surface area contributed by atoms with Gasteiger partial charge in [-0.15, -0.1) is 0 Å². The van der Waals surface area contributed by atoms with Crippen LogP contribution in [-0.2, 0) is 17.1 Å². The first-order valence-corrected chi connectivity index (χ1v) is 11.2. The summed E-state index contributed by atoms with van der Waals surface area (Å²) in [7, 11) is 0. The molecular weight excluding hydrogens is 395 g/mol. The van der Waals surface area contributed by atoms with Gasteiger partial charge in [-0.05, 0) is 49.7 Å². The van der Waals surface area contributed by atoms with Gasteiger partial charge in [-0.2, -0.15) is 11.8 Å². The molecular formula is C22H26ClFN2OS. The monoisotopic (exact) mass is 420 g/mol. The van der Waals surface area contributed by atoms with Crippen LogP contribution in [0.2, 0.25) is 5.02 Å². The van der Waals surface area contributed by atoms with Crippen LogP contribution < -0.4 is 5.32 Å². The molecule has 3 nitrogen and oxygen atoms in total. The number of nitrogens with zero attached hydrogens (tertiary/aromatic N) is 1. The van der Waals surface area contributed by atoms with Crippen LogP contribution in [0, 0.1) is 11.7 Å². The predicted molar refractivity (Wildman–Crippen MR) is 115 cm³/mol. The Morgan fingerprint density at radius 2 is 1.86 bits per heavy atom. The topological polar surface area (TPSA) is 32.3 Å². The van der Waals surface area contributed by atoms with E-state index >= 15 is 0 Å². The fourth-order valence-electron chi connectivity index (χ4n) is 3.38. The van der Waals surface area contributed by atoms with Crippen LogP contribution in [0.5, 0.6) is 0 Å². The highest BCUT2D eigenvalue weighted by Crippen LogP contribution is 2.20. The molecule has 0 atom stereocenters. The Morgan fingerprint density at radius 1 is 1.14 bits per heavy atom. The number of benzene rings is 2. The molecule has 6 heteroatoms. The van der Waals surface area contributed by atoms with Gasteiger partial charge in [0.1, 0.15) is 5.82 Å². The van der Waals surface area contributed by atoms with E-state index in [9.17, 15) is 9.18 Å². The maximum Gasteiger partial charge on any atom is 0.223 e. The van der Waals surface area contributed by atoms with Crippen molar-refractivity contribution in [3.05, 3.63) is 70.5 Å². The van der Waals surface area contributed by atoms with Gasteiger partial charge in [-0.25, -0.2) is 4.39 Å². The lowest BCUT2D eigenvalue weighted by atomic mass is 9.95. The van der Waals surface area contributed by atoms with Gasteiger partial charge in [0.25, 0.3) is 0 Å². The summed E-state index contributed by atoms with van der Waals surface area (Å²) in [6, 6.07) is 14.8. The first-order valence-electron chi connectivity index (χ1n) is 9.67. The van der Waals surface area contributed by atoms with Crippen LogP contribution in [0.25, 0.3) is 0 Å². The Balaban J connectivity index is 1.30. The van der Waals surface area contributed by atoms with Crippen molar-refractivity contribution < 1.29 is 9.18 Å². The number of carbonyl (C=O) groups excluding carboxylic acids is 1. The van der Waals surface area contributed by atoms with E-state index in [0.717, 1.165) is 48.0 Å². The number of amides is 1. The third kappa shape index (κ3) is 6.50. The number of hydrogen-bond donors (Lipinski definition) is 1. The highest BCUT2D eigenvalue weighted by molar-refractivity contribution is 7.98. The van der Waals surface area contributed by atoms with E-state index in [1.54, 1.807) is 17.8 Å². The van der Waals surface area contributed by atoms with Crippen molar-refractivity contribution in [2.24, 2.45) is 5.92 Å². The van der Waals surface area contributed by atoms with Crippen LogP contribution >= 0.6 is 23.4 Å². The fraction of sp³-hybridized carbons (Fsp3) is 0.409. The molecule has 2 aromatic rings. The molecule has 3 rings (SSSR count). The lowest BCUT2D eigenvalue weighted by molar-refractivity contribution is -0.126. The lowest BCUT2D eigenvalue weighted by Crippen LogP contribution is -2.40. The molecule has 0 aliphatic carbocycles. The summed E-state index contributed by atoms with van der Waals surface area (Å²) in [6.07, 6.45) is 1.66. The molecule has 0 bridgehead atoms. The smallest absolute Gasteiger partial charge is 0.223 e. The van der Waals surface area contributed by atoms with Crippen molar-refractivity contribution in [2.45, 2.75) is 25.1 Å². The summed E-state index contributed by atoms with van der Waals surface area (Å²) in [4.78, 5) is 14.6. The third-order valence-electron chi connectivity index (χ3n) is 5.04. The first kappa shape index (κ1) is 21.2. The summed E-state index contributed by atoms with van der Waals surface area (Å²) in [5.41, 5.74) is 1.96. The second-order valence-corrected chi connectivity index (χ2v) is 8.65. The molecule has 1 heterocycles. The Kier molecular flexibility index (Phi) is 8.19. The highest BCUT2D eigenvalue weighted by Gasteiger charge is 2.25. The van der Waals surface area contributed by atoms with Crippen molar-refractivity contribution in [3.8, 4) is 0 Å². The number of thioether (sulfide) groups is 1. The van der Waals surface area contributed by atoms with Crippen LogP contribution in [0.4, 0.5) is 4.39 Å². The molecule has 28 heavy (non-hydrogen) atoms. The first-order chi connectivity index (χ1) is 13.6. The minimum absolute atomic E-state index is 0.0677. The molecule has 1 saturated heterocycles. The SMILES string of the molecule is O=C(NCCSCc1ccc(Cl)cc1)C1CCN(Cc2ccccc2F)CC1. The van der Waals surface area contributed by atoms with E-state index in [0.29, 0.717) is 13.1 Å². The Hall–Kier alpha value is -1.56. The van der Waals surface area contributed by atoms with Crippen molar-refractivity contribution in [3.63, 3.8) is 0 Å². The molecule has 1 fully saturated rings. The van der Waals surface area contributed by atoms with E-state index in [1.165, 1.54) is 11.6 Å². The van der Waals surface area contributed by atoms with Crippen molar-refractivity contribution in [1.82, 2.24) is 10.2 Å². The van der Waals surface area contributed by atoms with Gasteiger partial charge in [-0.3, -0.25) is 9.69 Å². The number of piperidine rings is 1. The number of likely N-dealkylation sites (tertiary alicyclic amines) is 1. The molecule has 1 amide bonds. The van der Waals surface area contributed by atoms with Crippen LogP contribution in [0.1, 0.15) is 24.0 Å². The van der Waals surface area contributed by atoms with Gasteiger partial charge in [0.05, 0.1) is 0 Å². The normalized spacial score (nSPS) is 15.5. The van der Waals surface area contributed by atoms with Crippen LogP contribution in [0.3, 0.4) is 0 Å². The third-order valence-corrected chi connectivity index (χ3v) is 6.32. The van der Waals surface area contributed by atoms with Gasteiger partial charge in [0, 0.05) is 41.1 Å². The standard InChI is InChI=1S/C22H26ClFN2OS/c23-20-7-5-17(6-8-20)16-28-14-11-25-22(27)18-9-12-26(13-10-18)15-19-3-1-2-4-21(19)24/h1-8,18H,9-16H2,(H,25,27). The van der Waals surface area contributed by atoms with Gasteiger partial charge in [-0.1, -0.05) is 41.9 Å². The summed E-state index contributed by atoms with van der Waals surface area (Å²) in [6.45, 7) is 2.96. The largest absolute Gasteiger partial charge is 0.355 e. The Labute approximate surface area is 175 Å². The second kappa shape index (κ2) is 10.8. The zero-order valence-electron chi connectivity index (χ0n) is 15.9. The van der Waals surface area contributed by atoms with Crippen LogP contribution in [-0.4, -0.2) is 36.2 Å². The van der Waals surface area contributed by atoms with Crippen molar-refractivity contribution in [2.75, 3.05) is 25.4 Å². The zero-order chi connectivity index (χ0) is 19.8. The van der Waals surface area contributed by atoms with E-state index in [2.05, 4.69) is 10.2 Å². The molecule has 0 radical (unpaired) electrons. The molecule has 150 valence electrons. The van der Waals surface area contributed by atoms with Crippen molar-refractivity contribution >= 4 is 29.3 Å². The molecule has 0 unspecified atom stereocenters. The van der Waals surface area contributed by atoms with E-state index in [1.807, 2.05) is 36.4 Å². The number of rotatable bonds is 8. The van der Waals surface area contributed by atoms with E-state index in [4.69, 9.17) is 11.6 Å². The van der Waals surface area contributed by atoms with Crippen LogP contribution in [0.15, 0.2) is 48.5 Å². The molecule has 1 aliphatic rings. The maximum absolute atomic E-state index is 13.8. The number of nitrogens with one attached hydrogen (secondary N) is 1. The van der Waals surface area contributed by atoms with Gasteiger partial charge >= 0.3 is 0 Å². The van der Waals surface area contributed by atoms with E-state index < -0.39 is 0 Å². The number of carbonyl (C=O) groups is 1. The van der Waals surface area contributed by atoms with E-state index in [-0.39, 0.29) is 17.6 Å². The highest BCUT2D eigenvalue weighted by atomic mass is 35.5. The zero-order valence-corrected chi connectivity index (χ0v) is 17.4. The summed E-state index contributed by atoms with van der Waals surface area (Å²) in [5.74, 6) is 1.87. The Bertz CT molecular complexity index is 763. The summed E-state index contributed by atoms with van der Waals surface area (Å²) < 4.78 is 13.8.